The van der Waals surface area contributed by atoms with Crippen molar-refractivity contribution in [3.05, 3.63) is 34.9 Å². The first-order chi connectivity index (χ1) is 13.1. The average Bonchev–Trinajstić information content (AvgIpc) is 3.00. The van der Waals surface area contributed by atoms with Crippen LogP contribution in [0.2, 0.25) is 18.1 Å². The molecule has 0 spiro atoms. The number of benzene rings is 1. The van der Waals surface area contributed by atoms with E-state index in [0.717, 1.165) is 29.5 Å². The summed E-state index contributed by atoms with van der Waals surface area (Å²) in [6.07, 6.45) is 2.32. The smallest absolute Gasteiger partial charge is 0.223 e. The van der Waals surface area contributed by atoms with E-state index in [1.54, 1.807) is 0 Å². The maximum atomic E-state index is 12.8. The molecule has 1 aromatic carbocycles. The molecule has 0 saturated carbocycles. The van der Waals surface area contributed by atoms with Gasteiger partial charge in [-0.2, -0.15) is 0 Å². The van der Waals surface area contributed by atoms with E-state index in [2.05, 4.69) is 45.1 Å². The molecule has 0 radical (unpaired) electrons. The lowest BCUT2D eigenvalue weighted by Crippen LogP contribution is -2.46. The van der Waals surface area contributed by atoms with E-state index < -0.39 is 8.32 Å². The summed E-state index contributed by atoms with van der Waals surface area (Å²) >= 11 is 0. The van der Waals surface area contributed by atoms with Gasteiger partial charge in [0.2, 0.25) is 5.91 Å². The monoisotopic (exact) mass is 403 g/mol. The van der Waals surface area contributed by atoms with Gasteiger partial charge in [0.15, 0.2) is 14.2 Å². The molecule has 3 N–H and O–H groups in total. The second-order valence-corrected chi connectivity index (χ2v) is 14.3. The lowest BCUT2D eigenvalue weighted by atomic mass is 9.89. The van der Waals surface area contributed by atoms with Crippen molar-refractivity contribution in [2.75, 3.05) is 13.2 Å². The van der Waals surface area contributed by atoms with Crippen LogP contribution in [0.4, 0.5) is 0 Å². The first-order valence-corrected chi connectivity index (χ1v) is 13.0. The van der Waals surface area contributed by atoms with Crippen LogP contribution in [-0.4, -0.2) is 43.3 Å². The fourth-order valence-electron chi connectivity index (χ4n) is 4.20. The third kappa shape index (κ3) is 3.69. The molecule has 28 heavy (non-hydrogen) atoms. The fraction of sp³-hybridized carbons (Fsp3) is 0.619. The molecule has 1 aromatic rings. The van der Waals surface area contributed by atoms with E-state index in [-0.39, 0.29) is 22.8 Å². The Morgan fingerprint density at radius 1 is 1.39 bits per heavy atom. The minimum atomic E-state index is -1.84. The summed E-state index contributed by atoms with van der Waals surface area (Å²) in [5.41, 5.74) is 8.91. The Kier molecular flexibility index (Phi) is 5.60. The van der Waals surface area contributed by atoms with Gasteiger partial charge in [-0.3, -0.25) is 4.79 Å². The second kappa shape index (κ2) is 7.52. The number of nitrogens with zero attached hydrogens (tertiary/aromatic N) is 2. The van der Waals surface area contributed by atoms with Gasteiger partial charge in [-0.05, 0) is 48.0 Å². The molecule has 1 aliphatic carbocycles. The number of oxime groups is 1. The van der Waals surface area contributed by atoms with Crippen LogP contribution in [0, 0.1) is 5.92 Å². The number of amidine groups is 1. The zero-order valence-corrected chi connectivity index (χ0v) is 18.7. The van der Waals surface area contributed by atoms with Gasteiger partial charge >= 0.3 is 0 Å². The predicted octanol–water partition coefficient (Wildman–Crippen LogP) is 3.64. The molecule has 1 aliphatic heterocycles. The minimum Gasteiger partial charge on any atom is -0.415 e. The standard InChI is InChI=1S/C21H33N3O3Si/c1-21(2,3)28(4,5)27-12-11-24-18(25)10-9-14-13-17-15(19(14)24)7-6-8-16(17)20(22)23-26/h6-8,14,19,26H,9-13H2,1-5H3,(H2,22,23). The van der Waals surface area contributed by atoms with Crippen molar-refractivity contribution in [3.8, 4) is 0 Å². The summed E-state index contributed by atoms with van der Waals surface area (Å²) in [6.45, 7) is 12.3. The highest BCUT2D eigenvalue weighted by molar-refractivity contribution is 6.74. The van der Waals surface area contributed by atoms with Gasteiger partial charge in [0, 0.05) is 18.5 Å². The Morgan fingerprint density at radius 2 is 2.11 bits per heavy atom. The Labute approximate surface area is 168 Å². The number of rotatable bonds is 5. The highest BCUT2D eigenvalue weighted by atomic mass is 28.4. The Hall–Kier alpha value is -1.86. The number of likely N-dealkylation sites (tertiary alicyclic amines) is 1. The van der Waals surface area contributed by atoms with E-state index in [1.165, 1.54) is 0 Å². The van der Waals surface area contributed by atoms with Crippen molar-refractivity contribution in [1.82, 2.24) is 4.90 Å². The summed E-state index contributed by atoms with van der Waals surface area (Å²) in [5.74, 6) is 0.713. The third-order valence-corrected chi connectivity index (χ3v) is 11.4. The van der Waals surface area contributed by atoms with E-state index in [9.17, 15) is 4.79 Å². The van der Waals surface area contributed by atoms with Crippen LogP contribution in [0.1, 0.15) is 56.3 Å². The number of carbonyl (C=O) groups excluding carboxylic acids is 1. The van der Waals surface area contributed by atoms with Crippen LogP contribution >= 0.6 is 0 Å². The number of amides is 1. The molecule has 154 valence electrons. The lowest BCUT2D eigenvalue weighted by molar-refractivity contribution is -0.139. The van der Waals surface area contributed by atoms with Gasteiger partial charge < -0.3 is 20.3 Å². The zero-order valence-electron chi connectivity index (χ0n) is 17.7. The first kappa shape index (κ1) is 20.9. The number of nitrogens with two attached hydrogens (primary N) is 1. The van der Waals surface area contributed by atoms with Gasteiger partial charge in [0.1, 0.15) is 0 Å². The van der Waals surface area contributed by atoms with Crippen LogP contribution in [0.15, 0.2) is 23.4 Å². The topological polar surface area (TPSA) is 88.2 Å². The predicted molar refractivity (Wildman–Crippen MR) is 113 cm³/mol. The van der Waals surface area contributed by atoms with Crippen molar-refractivity contribution < 1.29 is 14.4 Å². The van der Waals surface area contributed by atoms with Crippen molar-refractivity contribution in [3.63, 3.8) is 0 Å². The molecule has 7 heteroatoms. The molecule has 2 aliphatic rings. The molecule has 1 amide bonds. The van der Waals surface area contributed by atoms with Crippen LogP contribution in [0.3, 0.4) is 0 Å². The quantitative estimate of drug-likeness (QED) is 0.258. The maximum Gasteiger partial charge on any atom is 0.223 e. The van der Waals surface area contributed by atoms with Crippen LogP contribution in [0.5, 0.6) is 0 Å². The van der Waals surface area contributed by atoms with E-state index >= 15 is 0 Å². The number of hydrogen-bond acceptors (Lipinski definition) is 4. The molecule has 0 aromatic heterocycles. The maximum absolute atomic E-state index is 12.8. The summed E-state index contributed by atoms with van der Waals surface area (Å²) < 4.78 is 6.33. The number of hydrogen-bond donors (Lipinski definition) is 2. The van der Waals surface area contributed by atoms with Gasteiger partial charge in [0.05, 0.1) is 12.6 Å². The molecule has 0 bridgehead atoms. The van der Waals surface area contributed by atoms with Gasteiger partial charge in [-0.25, -0.2) is 0 Å². The molecule has 1 fully saturated rings. The molecule has 1 saturated heterocycles. The van der Waals surface area contributed by atoms with Gasteiger partial charge in [0.25, 0.3) is 0 Å². The molecule has 1 heterocycles. The van der Waals surface area contributed by atoms with Crippen molar-refractivity contribution in [1.29, 1.82) is 0 Å². The zero-order chi connectivity index (χ0) is 20.7. The number of piperidine rings is 1. The van der Waals surface area contributed by atoms with Gasteiger partial charge in [-0.1, -0.05) is 44.1 Å². The number of carbonyl (C=O) groups is 1. The van der Waals surface area contributed by atoms with Crippen molar-refractivity contribution in [2.45, 2.75) is 64.2 Å². The second-order valence-electron chi connectivity index (χ2n) is 9.50. The Bertz CT molecular complexity index is 786. The highest BCUT2D eigenvalue weighted by Gasteiger charge is 2.43. The van der Waals surface area contributed by atoms with Gasteiger partial charge in [-0.15, -0.1) is 0 Å². The SMILES string of the molecule is CC(C)(C)[Si](C)(C)OCCN1C(=O)CCC2Cc3c(C(N)=NO)cccc3C21. The first-order valence-electron chi connectivity index (χ1n) is 10.1. The van der Waals surface area contributed by atoms with E-state index in [1.807, 2.05) is 17.0 Å². The highest BCUT2D eigenvalue weighted by Crippen LogP contribution is 2.46. The summed E-state index contributed by atoms with van der Waals surface area (Å²) in [6, 6.07) is 5.95. The minimum absolute atomic E-state index is 0.0608. The average molecular weight is 404 g/mol. The lowest BCUT2D eigenvalue weighted by Gasteiger charge is -2.40. The molecule has 2 atom stereocenters. The van der Waals surface area contributed by atoms with Crippen molar-refractivity contribution in [2.24, 2.45) is 16.8 Å². The van der Waals surface area contributed by atoms with Crippen LogP contribution in [-0.2, 0) is 15.6 Å². The van der Waals surface area contributed by atoms with E-state index in [0.29, 0.717) is 25.5 Å². The summed E-state index contributed by atoms with van der Waals surface area (Å²) in [7, 11) is -1.84. The van der Waals surface area contributed by atoms with Crippen LogP contribution in [0.25, 0.3) is 0 Å². The molecular weight excluding hydrogens is 370 g/mol. The number of fused-ring (bicyclic) bond motifs is 3. The van der Waals surface area contributed by atoms with E-state index in [4.69, 9.17) is 15.4 Å². The Balaban J connectivity index is 1.82. The summed E-state index contributed by atoms with van der Waals surface area (Å²) in [5, 5.41) is 12.5. The summed E-state index contributed by atoms with van der Waals surface area (Å²) in [4.78, 5) is 14.8. The molecule has 6 nitrogen and oxygen atoms in total. The van der Waals surface area contributed by atoms with Crippen LogP contribution < -0.4 is 5.73 Å². The molecular formula is C21H33N3O3Si. The largest absolute Gasteiger partial charge is 0.415 e. The normalized spacial score (nSPS) is 23.0. The fourth-order valence-corrected chi connectivity index (χ4v) is 5.24. The Morgan fingerprint density at radius 3 is 2.75 bits per heavy atom. The molecule has 2 unspecified atom stereocenters. The molecule has 3 rings (SSSR count). The third-order valence-electron chi connectivity index (χ3n) is 6.81. The van der Waals surface area contributed by atoms with Crippen molar-refractivity contribution >= 4 is 20.1 Å².